The molecule has 0 unspecified atom stereocenters. The number of nitrogens with one attached hydrogen (secondary N) is 1. The van der Waals surface area contributed by atoms with Gasteiger partial charge in [-0.3, -0.25) is 5.41 Å². The number of nitrogens with zero attached hydrogens (tertiary/aromatic N) is 1. The van der Waals surface area contributed by atoms with Crippen LogP contribution in [0.3, 0.4) is 0 Å². The van der Waals surface area contributed by atoms with E-state index in [1.807, 2.05) is 13.8 Å². The molecule has 0 fully saturated rings. The maximum Gasteiger partial charge on any atom is 0.0963 e. The quantitative estimate of drug-likeness (QED) is 0.580. The topological polar surface area (TPSA) is 53.1 Å². The fourth-order valence-corrected chi connectivity index (χ4v) is 2.36. The predicted molar refractivity (Wildman–Crippen MR) is 75.6 cm³/mol. The second kappa shape index (κ2) is 6.17. The summed E-state index contributed by atoms with van der Waals surface area (Å²) in [6.07, 6.45) is 2.05. The van der Waals surface area contributed by atoms with Crippen molar-refractivity contribution in [3.8, 4) is 0 Å². The Morgan fingerprint density at radius 1 is 1.53 bits per heavy atom. The van der Waals surface area contributed by atoms with Gasteiger partial charge in [0.2, 0.25) is 0 Å². The summed E-state index contributed by atoms with van der Waals surface area (Å²) < 4.78 is 0. The first kappa shape index (κ1) is 14.2. The Kier molecular flexibility index (Phi) is 5.15. The van der Waals surface area contributed by atoms with Crippen LogP contribution in [0.1, 0.15) is 32.3 Å². The molecule has 0 aliphatic carbocycles. The van der Waals surface area contributed by atoms with Crippen molar-refractivity contribution >= 4 is 17.2 Å². The monoisotopic (exact) mass is 253 g/mol. The Hall–Kier alpha value is -0.870. The van der Waals surface area contributed by atoms with E-state index in [0.717, 1.165) is 25.9 Å². The highest BCUT2D eigenvalue weighted by Crippen LogP contribution is 2.21. The maximum absolute atomic E-state index is 7.51. The van der Waals surface area contributed by atoms with Gasteiger partial charge in [0.05, 0.1) is 5.84 Å². The number of hydrogen-bond donors (Lipinski definition) is 2. The summed E-state index contributed by atoms with van der Waals surface area (Å²) in [5.74, 6) is 0.290. The molecule has 4 heteroatoms. The Morgan fingerprint density at radius 2 is 2.24 bits per heavy atom. The molecule has 0 spiro atoms. The largest absolute Gasteiger partial charge is 0.387 e. The lowest BCUT2D eigenvalue weighted by molar-refractivity contribution is 0.300. The van der Waals surface area contributed by atoms with E-state index in [4.69, 9.17) is 11.1 Å². The zero-order valence-corrected chi connectivity index (χ0v) is 11.8. The van der Waals surface area contributed by atoms with E-state index in [1.165, 1.54) is 5.56 Å². The van der Waals surface area contributed by atoms with E-state index in [1.54, 1.807) is 11.3 Å². The van der Waals surface area contributed by atoms with Crippen molar-refractivity contribution in [3.63, 3.8) is 0 Å². The second-order valence-electron chi connectivity index (χ2n) is 5.27. The van der Waals surface area contributed by atoms with Crippen LogP contribution in [0.2, 0.25) is 0 Å². The lowest BCUT2D eigenvalue weighted by Crippen LogP contribution is -2.31. The van der Waals surface area contributed by atoms with Gasteiger partial charge in [0.15, 0.2) is 0 Å². The third kappa shape index (κ3) is 4.88. The Morgan fingerprint density at radius 3 is 2.76 bits per heavy atom. The minimum absolute atomic E-state index is 0.163. The van der Waals surface area contributed by atoms with Crippen molar-refractivity contribution in [2.75, 3.05) is 13.6 Å². The van der Waals surface area contributed by atoms with Crippen LogP contribution < -0.4 is 5.73 Å². The first-order chi connectivity index (χ1) is 7.92. The Balaban J connectivity index is 2.25. The van der Waals surface area contributed by atoms with Crippen LogP contribution in [0.25, 0.3) is 0 Å². The van der Waals surface area contributed by atoms with Crippen LogP contribution in [0.4, 0.5) is 0 Å². The van der Waals surface area contributed by atoms with E-state index < -0.39 is 0 Å². The predicted octanol–water partition coefficient (Wildman–Crippen LogP) is 2.92. The van der Waals surface area contributed by atoms with Crippen LogP contribution in [0.15, 0.2) is 16.8 Å². The molecule has 3 N–H and O–H groups in total. The molecule has 0 aliphatic heterocycles. The van der Waals surface area contributed by atoms with Gasteiger partial charge in [-0.2, -0.15) is 11.3 Å². The molecule has 3 nitrogen and oxygen atoms in total. The summed E-state index contributed by atoms with van der Waals surface area (Å²) in [5, 5.41) is 11.8. The standard InChI is InChI=1S/C13H23N3S/c1-13(2,12(14)15)6-4-7-16(3)9-11-5-8-17-10-11/h5,8,10H,4,6-7,9H2,1-3H3,(H3,14,15). The molecule has 0 atom stereocenters. The summed E-state index contributed by atoms with van der Waals surface area (Å²) in [6, 6.07) is 2.17. The molecule has 1 rings (SSSR count). The van der Waals surface area contributed by atoms with Gasteiger partial charge in [0.25, 0.3) is 0 Å². The first-order valence-electron chi connectivity index (χ1n) is 5.96. The molecule has 1 aromatic heterocycles. The van der Waals surface area contributed by atoms with Crippen LogP contribution in [0.5, 0.6) is 0 Å². The summed E-state index contributed by atoms with van der Waals surface area (Å²) in [6.45, 7) is 6.12. The molecule has 0 saturated heterocycles. The van der Waals surface area contributed by atoms with Crippen molar-refractivity contribution in [3.05, 3.63) is 22.4 Å². The Bertz CT molecular complexity index is 344. The Labute approximate surface area is 108 Å². The average molecular weight is 253 g/mol. The van der Waals surface area contributed by atoms with Crippen molar-refractivity contribution in [2.24, 2.45) is 11.1 Å². The van der Waals surface area contributed by atoms with Gasteiger partial charge in [-0.05, 0) is 48.8 Å². The van der Waals surface area contributed by atoms with Gasteiger partial charge in [0.1, 0.15) is 0 Å². The number of nitrogens with two attached hydrogens (primary N) is 1. The maximum atomic E-state index is 7.51. The first-order valence-corrected chi connectivity index (χ1v) is 6.90. The van der Waals surface area contributed by atoms with E-state index in [9.17, 15) is 0 Å². The van der Waals surface area contributed by atoms with Gasteiger partial charge in [-0.25, -0.2) is 0 Å². The molecule has 1 heterocycles. The normalized spacial score (nSPS) is 12.0. The molecule has 0 aliphatic rings. The smallest absolute Gasteiger partial charge is 0.0963 e. The van der Waals surface area contributed by atoms with E-state index >= 15 is 0 Å². The highest BCUT2D eigenvalue weighted by atomic mass is 32.1. The fourth-order valence-electron chi connectivity index (χ4n) is 1.70. The molecule has 1 aromatic rings. The summed E-state index contributed by atoms with van der Waals surface area (Å²) in [5.41, 5.74) is 6.78. The number of amidine groups is 1. The molecular weight excluding hydrogens is 230 g/mol. The highest BCUT2D eigenvalue weighted by molar-refractivity contribution is 7.07. The van der Waals surface area contributed by atoms with E-state index in [0.29, 0.717) is 0 Å². The minimum atomic E-state index is -0.163. The lowest BCUT2D eigenvalue weighted by Gasteiger charge is -2.24. The molecule has 0 aromatic carbocycles. The van der Waals surface area contributed by atoms with E-state index in [-0.39, 0.29) is 11.3 Å². The van der Waals surface area contributed by atoms with Crippen LogP contribution in [0, 0.1) is 10.8 Å². The summed E-state index contributed by atoms with van der Waals surface area (Å²) in [4.78, 5) is 2.32. The zero-order valence-electron chi connectivity index (χ0n) is 11.0. The van der Waals surface area contributed by atoms with Gasteiger partial charge in [-0.1, -0.05) is 13.8 Å². The van der Waals surface area contributed by atoms with Gasteiger partial charge in [-0.15, -0.1) is 0 Å². The fraction of sp³-hybridized carbons (Fsp3) is 0.615. The molecule has 0 radical (unpaired) electrons. The number of hydrogen-bond acceptors (Lipinski definition) is 3. The lowest BCUT2D eigenvalue weighted by atomic mass is 9.86. The second-order valence-corrected chi connectivity index (χ2v) is 6.05. The summed E-state index contributed by atoms with van der Waals surface area (Å²) >= 11 is 1.74. The molecule has 0 amide bonds. The van der Waals surface area contributed by atoms with Gasteiger partial charge >= 0.3 is 0 Å². The third-order valence-corrected chi connectivity index (χ3v) is 3.84. The highest BCUT2D eigenvalue weighted by Gasteiger charge is 2.20. The minimum Gasteiger partial charge on any atom is -0.387 e. The van der Waals surface area contributed by atoms with Crippen molar-refractivity contribution in [1.29, 1.82) is 5.41 Å². The van der Waals surface area contributed by atoms with Crippen molar-refractivity contribution < 1.29 is 0 Å². The van der Waals surface area contributed by atoms with Gasteiger partial charge in [0, 0.05) is 12.0 Å². The van der Waals surface area contributed by atoms with Crippen LogP contribution >= 0.6 is 11.3 Å². The van der Waals surface area contributed by atoms with Crippen LogP contribution in [-0.4, -0.2) is 24.3 Å². The van der Waals surface area contributed by atoms with Gasteiger partial charge < -0.3 is 10.6 Å². The SMILES string of the molecule is CN(CCCC(C)(C)C(=N)N)Cc1ccsc1. The summed E-state index contributed by atoms with van der Waals surface area (Å²) in [7, 11) is 2.14. The van der Waals surface area contributed by atoms with Crippen molar-refractivity contribution in [1.82, 2.24) is 4.90 Å². The average Bonchev–Trinajstić information content (AvgIpc) is 2.69. The number of thiophene rings is 1. The van der Waals surface area contributed by atoms with Crippen molar-refractivity contribution in [2.45, 2.75) is 33.2 Å². The molecule has 17 heavy (non-hydrogen) atoms. The zero-order chi connectivity index (χ0) is 12.9. The molecule has 0 saturated carbocycles. The van der Waals surface area contributed by atoms with Crippen LogP contribution in [-0.2, 0) is 6.54 Å². The molecule has 0 bridgehead atoms. The number of rotatable bonds is 7. The third-order valence-electron chi connectivity index (χ3n) is 3.10. The van der Waals surface area contributed by atoms with E-state index in [2.05, 4.69) is 28.8 Å². The molecular formula is C13H23N3S. The molecule has 96 valence electrons.